The average Bonchev–Trinajstić information content (AvgIpc) is 3.51. The van der Waals surface area contributed by atoms with Crippen LogP contribution in [0.1, 0.15) is 24.1 Å². The van der Waals surface area contributed by atoms with Crippen LogP contribution in [0.5, 0.6) is 17.2 Å². The number of nitrogens with zero attached hydrogens (tertiary/aromatic N) is 2. The highest BCUT2D eigenvalue weighted by molar-refractivity contribution is 7.22. The summed E-state index contributed by atoms with van der Waals surface area (Å²) in [6.07, 6.45) is 0. The van der Waals surface area contributed by atoms with Crippen LogP contribution >= 0.6 is 22.9 Å². The zero-order valence-electron chi connectivity index (χ0n) is 21.8. The van der Waals surface area contributed by atoms with Crippen LogP contribution in [0.2, 0.25) is 5.02 Å². The number of aliphatic hydroxyl groups is 1. The summed E-state index contributed by atoms with van der Waals surface area (Å²) in [5.74, 6) is -0.125. The lowest BCUT2D eigenvalue weighted by atomic mass is 9.95. The number of amides is 1. The maximum atomic E-state index is 13.6. The molecular weight excluding hydrogens is 560 g/mol. The van der Waals surface area contributed by atoms with Gasteiger partial charge >= 0.3 is 5.91 Å². The number of ether oxygens (including phenoxy) is 2. The SMILES string of the molecule is CCOc1ccc(C(O)=C2C(=O)C(=O)N(c3nc4ccc(Cl)cc4s3)C2c2cccc(Oc3ccccc3)c2)cc1. The third-order valence-corrected chi connectivity index (χ3v) is 7.83. The standard InChI is InChI=1S/C32H23ClN2O5S/c1-2-39-22-14-11-19(12-15-22)29(36)27-28(20-7-6-10-24(17-20)40-23-8-4-3-5-9-23)35(31(38)30(27)37)32-34-25-16-13-21(33)18-26(25)41-32/h3-18,28,36H,2H2,1H3. The van der Waals surface area contributed by atoms with E-state index in [1.54, 1.807) is 66.7 Å². The van der Waals surface area contributed by atoms with Gasteiger partial charge in [0.15, 0.2) is 5.13 Å². The van der Waals surface area contributed by atoms with Crippen LogP contribution in [0.3, 0.4) is 0 Å². The minimum Gasteiger partial charge on any atom is -0.507 e. The summed E-state index contributed by atoms with van der Waals surface area (Å²) in [5.41, 5.74) is 1.54. The third-order valence-electron chi connectivity index (χ3n) is 6.58. The molecule has 1 aromatic heterocycles. The molecule has 41 heavy (non-hydrogen) atoms. The molecule has 1 aliphatic rings. The molecule has 0 spiro atoms. The first-order valence-electron chi connectivity index (χ1n) is 12.9. The molecule has 1 aliphatic heterocycles. The summed E-state index contributed by atoms with van der Waals surface area (Å²) in [6, 6.07) is 27.4. The molecule has 6 rings (SSSR count). The highest BCUT2D eigenvalue weighted by atomic mass is 35.5. The number of para-hydroxylation sites is 1. The number of benzene rings is 4. The predicted octanol–water partition coefficient (Wildman–Crippen LogP) is 7.77. The Morgan fingerprint density at radius 3 is 2.44 bits per heavy atom. The zero-order chi connectivity index (χ0) is 28.5. The highest BCUT2D eigenvalue weighted by Crippen LogP contribution is 2.45. The minimum atomic E-state index is -0.961. The lowest BCUT2D eigenvalue weighted by Gasteiger charge is -2.23. The maximum absolute atomic E-state index is 13.6. The third kappa shape index (κ3) is 5.15. The number of anilines is 1. The Hall–Kier alpha value is -4.66. The number of carbonyl (C=O) groups excluding carboxylic acids is 2. The fraction of sp³-hybridized carbons (Fsp3) is 0.0938. The number of thiazole rings is 1. The fourth-order valence-electron chi connectivity index (χ4n) is 4.74. The van der Waals surface area contributed by atoms with Crippen LogP contribution in [0.25, 0.3) is 16.0 Å². The van der Waals surface area contributed by atoms with Crippen molar-refractivity contribution in [1.29, 1.82) is 0 Å². The summed E-state index contributed by atoms with van der Waals surface area (Å²) >= 11 is 7.43. The maximum Gasteiger partial charge on any atom is 0.301 e. The Bertz CT molecular complexity index is 1800. The molecule has 9 heteroatoms. The number of aromatic nitrogens is 1. The van der Waals surface area contributed by atoms with Crippen molar-refractivity contribution >= 4 is 55.7 Å². The van der Waals surface area contributed by atoms with Gasteiger partial charge in [0, 0.05) is 10.6 Å². The van der Waals surface area contributed by atoms with Gasteiger partial charge in [-0.1, -0.05) is 53.3 Å². The second-order valence-electron chi connectivity index (χ2n) is 9.22. The Morgan fingerprint density at radius 2 is 1.68 bits per heavy atom. The molecule has 2 heterocycles. The summed E-state index contributed by atoms with van der Waals surface area (Å²) in [7, 11) is 0. The predicted molar refractivity (Wildman–Crippen MR) is 160 cm³/mol. The molecule has 1 atom stereocenters. The van der Waals surface area contributed by atoms with Crippen LogP contribution in [-0.4, -0.2) is 28.4 Å². The van der Waals surface area contributed by atoms with Gasteiger partial charge in [-0.05, 0) is 79.2 Å². The molecule has 1 unspecified atom stereocenters. The zero-order valence-corrected chi connectivity index (χ0v) is 23.4. The lowest BCUT2D eigenvalue weighted by Crippen LogP contribution is -2.29. The number of halogens is 1. The van der Waals surface area contributed by atoms with Gasteiger partial charge in [0.25, 0.3) is 5.78 Å². The van der Waals surface area contributed by atoms with E-state index in [9.17, 15) is 14.7 Å². The number of Topliss-reactive ketones (excluding diaryl/α,β-unsaturated/α-hetero) is 1. The van der Waals surface area contributed by atoms with E-state index in [1.807, 2.05) is 37.3 Å². The molecule has 1 amide bonds. The first kappa shape index (κ1) is 26.6. The molecule has 1 saturated heterocycles. The van der Waals surface area contributed by atoms with E-state index in [0.29, 0.717) is 50.7 Å². The smallest absolute Gasteiger partial charge is 0.301 e. The Balaban J connectivity index is 1.50. The number of hydrogen-bond acceptors (Lipinski definition) is 7. The van der Waals surface area contributed by atoms with Crippen LogP contribution in [0.4, 0.5) is 5.13 Å². The van der Waals surface area contributed by atoms with Crippen LogP contribution < -0.4 is 14.4 Å². The van der Waals surface area contributed by atoms with E-state index in [1.165, 1.54) is 16.2 Å². The summed E-state index contributed by atoms with van der Waals surface area (Å²) < 4.78 is 12.3. The number of hydrogen-bond donors (Lipinski definition) is 1. The van der Waals surface area contributed by atoms with Gasteiger partial charge in [0.05, 0.1) is 28.4 Å². The number of ketones is 1. The van der Waals surface area contributed by atoms with E-state index in [0.717, 1.165) is 4.70 Å². The van der Waals surface area contributed by atoms with E-state index in [2.05, 4.69) is 4.98 Å². The average molecular weight is 583 g/mol. The van der Waals surface area contributed by atoms with Crippen molar-refractivity contribution in [3.05, 3.63) is 119 Å². The number of rotatable bonds is 7. The normalized spacial score (nSPS) is 16.3. The second-order valence-corrected chi connectivity index (χ2v) is 10.7. The molecule has 0 aliphatic carbocycles. The fourth-order valence-corrected chi connectivity index (χ4v) is 6.01. The lowest BCUT2D eigenvalue weighted by molar-refractivity contribution is -0.132. The van der Waals surface area contributed by atoms with E-state index in [4.69, 9.17) is 21.1 Å². The molecule has 0 saturated carbocycles. The van der Waals surface area contributed by atoms with Crippen molar-refractivity contribution in [3.63, 3.8) is 0 Å². The van der Waals surface area contributed by atoms with E-state index >= 15 is 0 Å². The number of carbonyl (C=O) groups is 2. The molecule has 7 nitrogen and oxygen atoms in total. The van der Waals surface area contributed by atoms with Gasteiger partial charge in [-0.2, -0.15) is 0 Å². The molecule has 204 valence electrons. The van der Waals surface area contributed by atoms with Gasteiger partial charge in [-0.15, -0.1) is 0 Å². The molecular formula is C32H23ClN2O5S. The van der Waals surface area contributed by atoms with E-state index in [-0.39, 0.29) is 11.3 Å². The largest absolute Gasteiger partial charge is 0.507 e. The first-order valence-corrected chi connectivity index (χ1v) is 14.1. The minimum absolute atomic E-state index is 0.0479. The van der Waals surface area contributed by atoms with Crippen molar-refractivity contribution in [2.75, 3.05) is 11.5 Å². The van der Waals surface area contributed by atoms with Crippen molar-refractivity contribution in [2.45, 2.75) is 13.0 Å². The molecule has 0 radical (unpaired) electrons. The van der Waals surface area contributed by atoms with E-state index < -0.39 is 17.7 Å². The Kier molecular flexibility index (Phi) is 7.17. The van der Waals surface area contributed by atoms with Crippen molar-refractivity contribution < 1.29 is 24.2 Å². The van der Waals surface area contributed by atoms with Crippen molar-refractivity contribution in [3.8, 4) is 17.2 Å². The number of fused-ring (bicyclic) bond motifs is 1. The van der Waals surface area contributed by atoms with Crippen LogP contribution in [0.15, 0.2) is 103 Å². The van der Waals surface area contributed by atoms with Crippen LogP contribution in [0, 0.1) is 0 Å². The van der Waals surface area contributed by atoms with Gasteiger partial charge in [-0.25, -0.2) is 4.98 Å². The summed E-state index contributed by atoms with van der Waals surface area (Å²) in [4.78, 5) is 33.2. The highest BCUT2D eigenvalue weighted by Gasteiger charge is 2.48. The van der Waals surface area contributed by atoms with Crippen molar-refractivity contribution in [2.24, 2.45) is 0 Å². The van der Waals surface area contributed by atoms with Gasteiger partial charge < -0.3 is 14.6 Å². The molecule has 1 fully saturated rings. The molecule has 5 aromatic rings. The van der Waals surface area contributed by atoms with Gasteiger partial charge in [0.2, 0.25) is 0 Å². The molecule has 4 aromatic carbocycles. The molecule has 0 bridgehead atoms. The Labute approximate surface area is 244 Å². The second kappa shape index (κ2) is 11.1. The summed E-state index contributed by atoms with van der Waals surface area (Å²) in [6.45, 7) is 2.37. The topological polar surface area (TPSA) is 89.0 Å². The van der Waals surface area contributed by atoms with Gasteiger partial charge in [0.1, 0.15) is 23.0 Å². The van der Waals surface area contributed by atoms with Crippen molar-refractivity contribution in [1.82, 2.24) is 4.98 Å². The summed E-state index contributed by atoms with van der Waals surface area (Å²) in [5, 5.41) is 12.3. The van der Waals surface area contributed by atoms with Gasteiger partial charge in [-0.3, -0.25) is 14.5 Å². The van der Waals surface area contributed by atoms with Crippen LogP contribution in [-0.2, 0) is 9.59 Å². The monoisotopic (exact) mass is 582 g/mol. The number of aliphatic hydroxyl groups excluding tert-OH is 1. The first-order chi connectivity index (χ1) is 19.9. The molecule has 1 N–H and O–H groups in total. The Morgan fingerprint density at radius 1 is 0.927 bits per heavy atom. The quantitative estimate of drug-likeness (QED) is 0.120.